The summed E-state index contributed by atoms with van der Waals surface area (Å²) in [7, 11) is 1.53. The second kappa shape index (κ2) is 12.8. The van der Waals surface area contributed by atoms with Crippen molar-refractivity contribution in [3.05, 3.63) is 86.4 Å². The Hall–Kier alpha value is -3.83. The fraction of sp³-hybridized carbons (Fsp3) is 0.433. The van der Waals surface area contributed by atoms with Crippen molar-refractivity contribution < 1.29 is 37.1 Å². The van der Waals surface area contributed by atoms with Gasteiger partial charge in [0.1, 0.15) is 23.4 Å². The molecule has 0 bridgehead atoms. The van der Waals surface area contributed by atoms with Gasteiger partial charge < -0.3 is 23.6 Å². The molecule has 3 aromatic rings. The first-order valence-corrected chi connectivity index (χ1v) is 13.4. The van der Waals surface area contributed by atoms with Crippen LogP contribution < -0.4 is 10.3 Å². The predicted molar refractivity (Wildman–Crippen MR) is 145 cm³/mol. The lowest BCUT2D eigenvalue weighted by atomic mass is 9.83. The standard InChI is InChI=1S/C30H34F2N2O7/c1-5-40-20-6-7-21-19(15-20)8-9-34(29(37)25-16-26(36)33-41-25)28(21)24(35)14-18-12-22(31)27(23(32)13-18)30(2,3)17-39-11-10-38-4/h6-7,12-13,15-16,28H,5,8-11,14,17H2,1-4H3,(H,33,36)/t28-/m1/s1. The van der Waals surface area contributed by atoms with E-state index >= 15 is 8.78 Å². The van der Waals surface area contributed by atoms with E-state index in [9.17, 15) is 14.4 Å². The fourth-order valence-corrected chi connectivity index (χ4v) is 5.17. The third-order valence-corrected chi connectivity index (χ3v) is 7.01. The monoisotopic (exact) mass is 572 g/mol. The zero-order valence-corrected chi connectivity index (χ0v) is 23.6. The largest absolute Gasteiger partial charge is 0.494 e. The van der Waals surface area contributed by atoms with Crippen LogP contribution >= 0.6 is 0 Å². The molecule has 1 amide bonds. The number of aromatic amines is 1. The molecular formula is C30H34F2N2O7. The molecule has 1 aromatic heterocycles. The van der Waals surface area contributed by atoms with Crippen LogP contribution in [0.3, 0.4) is 0 Å². The van der Waals surface area contributed by atoms with Crippen molar-refractivity contribution in [3.63, 3.8) is 0 Å². The summed E-state index contributed by atoms with van der Waals surface area (Å²) in [6, 6.07) is 7.48. The number of amides is 1. The van der Waals surface area contributed by atoms with Crippen LogP contribution in [-0.2, 0) is 32.5 Å². The van der Waals surface area contributed by atoms with Gasteiger partial charge in [-0.2, -0.15) is 5.16 Å². The molecule has 1 atom stereocenters. The first-order valence-electron chi connectivity index (χ1n) is 13.4. The van der Waals surface area contributed by atoms with E-state index in [-0.39, 0.29) is 43.1 Å². The van der Waals surface area contributed by atoms with Crippen LogP contribution in [0.4, 0.5) is 8.78 Å². The number of carbonyl (C=O) groups is 2. The second-order valence-electron chi connectivity index (χ2n) is 10.5. The predicted octanol–water partition coefficient (Wildman–Crippen LogP) is 4.14. The number of hydrogen-bond acceptors (Lipinski definition) is 7. The number of ether oxygens (including phenoxy) is 3. The van der Waals surface area contributed by atoms with Crippen LogP contribution in [0.25, 0.3) is 0 Å². The van der Waals surface area contributed by atoms with Crippen molar-refractivity contribution in [2.75, 3.05) is 40.1 Å². The van der Waals surface area contributed by atoms with E-state index in [1.54, 1.807) is 26.0 Å². The molecule has 220 valence electrons. The molecular weight excluding hydrogens is 538 g/mol. The highest BCUT2D eigenvalue weighted by Crippen LogP contribution is 2.35. The Morgan fingerprint density at radius 1 is 1.12 bits per heavy atom. The molecule has 2 heterocycles. The number of methoxy groups -OCH3 is 1. The topological polar surface area (TPSA) is 111 Å². The van der Waals surface area contributed by atoms with Crippen molar-refractivity contribution in [1.82, 2.24) is 10.1 Å². The highest BCUT2D eigenvalue weighted by molar-refractivity contribution is 5.97. The van der Waals surface area contributed by atoms with Crippen LogP contribution in [0.2, 0.25) is 0 Å². The SMILES string of the molecule is CCOc1ccc2c(c1)CCN(C(=O)c1cc(=O)[nH]o1)[C@H]2C(=O)Cc1cc(F)c(C(C)(C)COCCOC)c(F)c1. The first-order chi connectivity index (χ1) is 19.6. The molecule has 0 spiro atoms. The molecule has 1 aliphatic rings. The number of ketones is 1. The Balaban J connectivity index is 1.64. The molecule has 0 aliphatic carbocycles. The number of halogens is 2. The summed E-state index contributed by atoms with van der Waals surface area (Å²) < 4.78 is 51.7. The highest BCUT2D eigenvalue weighted by Gasteiger charge is 2.38. The smallest absolute Gasteiger partial charge is 0.293 e. The average Bonchev–Trinajstić information content (AvgIpc) is 3.35. The van der Waals surface area contributed by atoms with Gasteiger partial charge in [0.25, 0.3) is 11.5 Å². The van der Waals surface area contributed by atoms with Crippen molar-refractivity contribution in [2.45, 2.75) is 45.1 Å². The minimum absolute atomic E-state index is 0.0669. The van der Waals surface area contributed by atoms with Crippen molar-refractivity contribution in [2.24, 2.45) is 0 Å². The highest BCUT2D eigenvalue weighted by atomic mass is 19.1. The number of Topliss-reactive ketones (excluding diaryl/α,β-unsaturated/α-hetero) is 1. The molecule has 0 radical (unpaired) electrons. The Bertz CT molecular complexity index is 1440. The third kappa shape index (κ3) is 6.74. The molecule has 1 aliphatic heterocycles. The minimum Gasteiger partial charge on any atom is -0.494 e. The number of benzene rings is 2. The van der Waals surface area contributed by atoms with Crippen LogP contribution in [0.15, 0.2) is 45.7 Å². The number of aromatic nitrogens is 1. The Labute approximate surface area is 236 Å². The number of fused-ring (bicyclic) bond motifs is 1. The number of nitrogens with one attached hydrogen (secondary N) is 1. The fourth-order valence-electron chi connectivity index (χ4n) is 5.17. The zero-order chi connectivity index (χ0) is 29.7. The van der Waals surface area contributed by atoms with E-state index in [4.69, 9.17) is 18.7 Å². The maximum Gasteiger partial charge on any atom is 0.293 e. The molecule has 11 heteroatoms. The number of carbonyl (C=O) groups excluding carboxylic acids is 2. The van der Waals surface area contributed by atoms with Gasteiger partial charge in [-0.1, -0.05) is 19.9 Å². The van der Waals surface area contributed by atoms with E-state index in [0.717, 1.165) is 23.8 Å². The quantitative estimate of drug-likeness (QED) is 0.325. The maximum absolute atomic E-state index is 15.3. The van der Waals surface area contributed by atoms with E-state index in [2.05, 4.69) is 5.16 Å². The van der Waals surface area contributed by atoms with E-state index < -0.39 is 40.3 Å². The average molecular weight is 573 g/mol. The Morgan fingerprint density at radius 2 is 1.85 bits per heavy atom. The van der Waals surface area contributed by atoms with Crippen LogP contribution in [-0.4, -0.2) is 61.8 Å². The number of hydrogen-bond donors (Lipinski definition) is 1. The molecule has 2 aromatic carbocycles. The van der Waals surface area contributed by atoms with Crippen molar-refractivity contribution in [1.29, 1.82) is 0 Å². The van der Waals surface area contributed by atoms with Gasteiger partial charge in [0.05, 0.1) is 32.5 Å². The zero-order valence-electron chi connectivity index (χ0n) is 23.6. The van der Waals surface area contributed by atoms with E-state index in [0.29, 0.717) is 30.9 Å². The molecule has 9 nitrogen and oxygen atoms in total. The van der Waals surface area contributed by atoms with Gasteiger partial charge in [-0.15, -0.1) is 0 Å². The van der Waals surface area contributed by atoms with Crippen LogP contribution in [0.1, 0.15) is 59.6 Å². The Kier molecular flexibility index (Phi) is 9.39. The first kappa shape index (κ1) is 30.1. The summed E-state index contributed by atoms with van der Waals surface area (Å²) in [6.45, 7) is 6.52. The van der Waals surface area contributed by atoms with Crippen LogP contribution in [0.5, 0.6) is 5.75 Å². The molecule has 4 rings (SSSR count). The normalized spacial score (nSPS) is 15.1. The van der Waals surface area contributed by atoms with Gasteiger partial charge in [-0.3, -0.25) is 14.4 Å². The number of rotatable bonds is 12. The molecule has 1 N–H and O–H groups in total. The van der Waals surface area contributed by atoms with Crippen molar-refractivity contribution >= 4 is 11.7 Å². The molecule has 41 heavy (non-hydrogen) atoms. The minimum atomic E-state index is -1.07. The summed E-state index contributed by atoms with van der Waals surface area (Å²) in [5.74, 6) is -2.29. The molecule has 0 saturated heterocycles. The van der Waals surface area contributed by atoms with Gasteiger partial charge >= 0.3 is 0 Å². The number of nitrogens with zero attached hydrogens (tertiary/aromatic N) is 1. The van der Waals surface area contributed by atoms with Gasteiger partial charge in [-0.25, -0.2) is 8.78 Å². The van der Waals surface area contributed by atoms with E-state index in [1.165, 1.54) is 12.0 Å². The lowest BCUT2D eigenvalue weighted by Gasteiger charge is -2.36. The van der Waals surface area contributed by atoms with Gasteiger partial charge in [-0.05, 0) is 54.3 Å². The summed E-state index contributed by atoms with van der Waals surface area (Å²) in [5, 5.41) is 2.08. The lowest BCUT2D eigenvalue weighted by molar-refractivity contribution is -0.123. The maximum atomic E-state index is 15.3. The van der Waals surface area contributed by atoms with Gasteiger partial charge in [0, 0.05) is 31.1 Å². The molecule has 0 unspecified atom stereocenters. The van der Waals surface area contributed by atoms with Crippen molar-refractivity contribution in [3.8, 4) is 5.75 Å². The lowest BCUT2D eigenvalue weighted by Crippen LogP contribution is -2.44. The summed E-state index contributed by atoms with van der Waals surface area (Å²) in [4.78, 5) is 40.0. The Morgan fingerprint density at radius 3 is 2.49 bits per heavy atom. The van der Waals surface area contributed by atoms with E-state index in [1.807, 2.05) is 13.0 Å². The summed E-state index contributed by atoms with van der Waals surface area (Å²) in [5.41, 5.74) is -0.192. The van der Waals surface area contributed by atoms with Gasteiger partial charge in [0.2, 0.25) is 5.76 Å². The number of H-pyrrole nitrogens is 1. The summed E-state index contributed by atoms with van der Waals surface area (Å²) in [6.07, 6.45) is 0.0942. The second-order valence-corrected chi connectivity index (χ2v) is 10.5. The molecule has 0 saturated carbocycles. The van der Waals surface area contributed by atoms with Gasteiger partial charge in [0.15, 0.2) is 5.78 Å². The third-order valence-electron chi connectivity index (χ3n) is 7.01. The molecule has 0 fully saturated rings. The van der Waals surface area contributed by atoms with Crippen LogP contribution in [0, 0.1) is 11.6 Å². The summed E-state index contributed by atoms with van der Waals surface area (Å²) >= 11 is 0.